The molecule has 0 aliphatic heterocycles. The zero-order valence-corrected chi connectivity index (χ0v) is 13.1. The Morgan fingerprint density at radius 2 is 1.79 bits per heavy atom. The van der Waals surface area contributed by atoms with E-state index in [2.05, 4.69) is 4.72 Å². The first-order valence-corrected chi connectivity index (χ1v) is 8.94. The molecule has 0 saturated heterocycles. The van der Waals surface area contributed by atoms with Gasteiger partial charge in [-0.2, -0.15) is 12.7 Å². The van der Waals surface area contributed by atoms with Gasteiger partial charge in [0.25, 0.3) is 10.2 Å². The highest BCUT2D eigenvalue weighted by Gasteiger charge is 2.42. The van der Waals surface area contributed by atoms with E-state index in [4.69, 9.17) is 5.73 Å². The third kappa shape index (κ3) is 4.15. The first-order chi connectivity index (χ1) is 9.02. The Labute approximate surface area is 118 Å². The van der Waals surface area contributed by atoms with Gasteiger partial charge in [-0.15, -0.1) is 0 Å². The monoisotopic (exact) mass is 291 g/mol. The molecule has 1 rings (SSSR count). The summed E-state index contributed by atoms with van der Waals surface area (Å²) in [4.78, 5) is 0. The summed E-state index contributed by atoms with van der Waals surface area (Å²) < 4.78 is 29.3. The van der Waals surface area contributed by atoms with Crippen molar-refractivity contribution in [3.63, 3.8) is 0 Å². The van der Waals surface area contributed by atoms with Gasteiger partial charge in [0.2, 0.25) is 0 Å². The Kier molecular flexibility index (Phi) is 6.73. The quantitative estimate of drug-likeness (QED) is 0.713. The van der Waals surface area contributed by atoms with E-state index in [1.54, 1.807) is 4.31 Å². The van der Waals surface area contributed by atoms with Gasteiger partial charge in [0.05, 0.1) is 0 Å². The fourth-order valence-electron chi connectivity index (χ4n) is 2.89. The summed E-state index contributed by atoms with van der Waals surface area (Å²) in [5, 5.41) is 0. The molecule has 1 fully saturated rings. The number of nitrogens with one attached hydrogen (secondary N) is 1. The number of nitrogens with two attached hydrogens (primary N) is 1. The van der Waals surface area contributed by atoms with Crippen molar-refractivity contribution in [3.8, 4) is 0 Å². The van der Waals surface area contributed by atoms with E-state index in [0.29, 0.717) is 19.6 Å². The van der Waals surface area contributed by atoms with E-state index in [1.807, 2.05) is 13.8 Å². The third-order valence-corrected chi connectivity index (χ3v) is 5.66. The minimum atomic E-state index is -3.41. The van der Waals surface area contributed by atoms with Crippen molar-refractivity contribution in [2.45, 2.75) is 64.3 Å². The fourth-order valence-corrected chi connectivity index (χ4v) is 4.70. The summed E-state index contributed by atoms with van der Waals surface area (Å²) in [6.07, 6.45) is 6.71. The van der Waals surface area contributed by atoms with Crippen LogP contribution in [0.25, 0.3) is 0 Å². The minimum absolute atomic E-state index is 0.367. The highest BCUT2D eigenvalue weighted by atomic mass is 32.2. The smallest absolute Gasteiger partial charge is 0.279 e. The van der Waals surface area contributed by atoms with E-state index in [9.17, 15) is 8.42 Å². The van der Waals surface area contributed by atoms with E-state index >= 15 is 0 Å². The number of nitrogens with zero attached hydrogens (tertiary/aromatic N) is 1. The van der Waals surface area contributed by atoms with Crippen molar-refractivity contribution < 1.29 is 8.42 Å². The van der Waals surface area contributed by atoms with Crippen LogP contribution in [0, 0.1) is 0 Å². The van der Waals surface area contributed by atoms with Crippen LogP contribution in [0.3, 0.4) is 0 Å². The van der Waals surface area contributed by atoms with Crippen LogP contribution in [0.4, 0.5) is 0 Å². The first-order valence-electron chi connectivity index (χ1n) is 7.50. The molecule has 0 spiro atoms. The molecule has 0 amide bonds. The van der Waals surface area contributed by atoms with Crippen LogP contribution in [0.15, 0.2) is 0 Å². The standard InChI is InChI=1S/C13H29N3O2S/c1-3-10-15-19(17,18)16(11-4-2)13(12-14)8-6-5-7-9-13/h15H,3-12,14H2,1-2H3. The molecule has 0 radical (unpaired) electrons. The molecular formula is C13H29N3O2S. The molecule has 6 heteroatoms. The topological polar surface area (TPSA) is 75.4 Å². The van der Waals surface area contributed by atoms with Gasteiger partial charge in [0.1, 0.15) is 0 Å². The molecule has 1 aliphatic carbocycles. The number of hydrogen-bond acceptors (Lipinski definition) is 3. The molecule has 114 valence electrons. The van der Waals surface area contributed by atoms with Crippen molar-refractivity contribution in [1.82, 2.24) is 9.03 Å². The fraction of sp³-hybridized carbons (Fsp3) is 1.00. The summed E-state index contributed by atoms with van der Waals surface area (Å²) in [6, 6.07) is 0. The average molecular weight is 291 g/mol. The van der Waals surface area contributed by atoms with Crippen LogP contribution in [0.5, 0.6) is 0 Å². The van der Waals surface area contributed by atoms with Gasteiger partial charge in [-0.05, 0) is 25.7 Å². The second-order valence-corrected chi connectivity index (χ2v) is 7.14. The van der Waals surface area contributed by atoms with Crippen LogP contribution >= 0.6 is 0 Å². The van der Waals surface area contributed by atoms with Gasteiger partial charge >= 0.3 is 0 Å². The third-order valence-electron chi connectivity index (χ3n) is 3.94. The summed E-state index contributed by atoms with van der Waals surface area (Å²) in [5.41, 5.74) is 5.59. The van der Waals surface area contributed by atoms with Gasteiger partial charge in [0, 0.05) is 25.2 Å². The van der Waals surface area contributed by atoms with E-state index in [-0.39, 0.29) is 5.54 Å². The molecule has 3 N–H and O–H groups in total. The molecule has 1 saturated carbocycles. The normalized spacial score (nSPS) is 19.8. The molecule has 0 unspecified atom stereocenters. The lowest BCUT2D eigenvalue weighted by molar-refractivity contribution is 0.134. The Bertz CT molecular complexity index is 351. The highest BCUT2D eigenvalue weighted by molar-refractivity contribution is 7.87. The largest absolute Gasteiger partial charge is 0.329 e. The second-order valence-electron chi connectivity index (χ2n) is 5.46. The molecule has 0 aromatic carbocycles. The Balaban J connectivity index is 2.96. The van der Waals surface area contributed by atoms with E-state index < -0.39 is 10.2 Å². The molecule has 0 aromatic rings. The van der Waals surface area contributed by atoms with Crippen LogP contribution in [-0.4, -0.2) is 37.9 Å². The highest BCUT2D eigenvalue weighted by Crippen LogP contribution is 2.34. The van der Waals surface area contributed by atoms with Crippen LogP contribution in [0.2, 0.25) is 0 Å². The molecule has 0 aromatic heterocycles. The minimum Gasteiger partial charge on any atom is -0.329 e. The van der Waals surface area contributed by atoms with Gasteiger partial charge in [-0.1, -0.05) is 33.1 Å². The molecule has 0 atom stereocenters. The molecule has 1 aliphatic rings. The van der Waals surface area contributed by atoms with Crippen molar-refractivity contribution in [1.29, 1.82) is 0 Å². The molecular weight excluding hydrogens is 262 g/mol. The van der Waals surface area contributed by atoms with Crippen molar-refractivity contribution >= 4 is 10.2 Å². The predicted molar refractivity (Wildman–Crippen MR) is 79.1 cm³/mol. The first kappa shape index (κ1) is 16.9. The summed E-state index contributed by atoms with van der Waals surface area (Å²) in [5.74, 6) is 0. The maximum absolute atomic E-state index is 12.5. The van der Waals surface area contributed by atoms with Crippen LogP contribution in [0.1, 0.15) is 58.8 Å². The van der Waals surface area contributed by atoms with Gasteiger partial charge in [0.15, 0.2) is 0 Å². The Hall–Kier alpha value is -0.170. The van der Waals surface area contributed by atoms with E-state index in [1.165, 1.54) is 6.42 Å². The second kappa shape index (κ2) is 7.57. The van der Waals surface area contributed by atoms with Crippen molar-refractivity contribution in [2.24, 2.45) is 5.73 Å². The molecule has 0 bridgehead atoms. The maximum atomic E-state index is 12.5. The Morgan fingerprint density at radius 1 is 1.16 bits per heavy atom. The lowest BCUT2D eigenvalue weighted by Crippen LogP contribution is -2.60. The molecule has 5 nitrogen and oxygen atoms in total. The Morgan fingerprint density at radius 3 is 2.26 bits per heavy atom. The predicted octanol–water partition coefficient (Wildman–Crippen LogP) is 1.60. The summed E-state index contributed by atoms with van der Waals surface area (Å²) in [7, 11) is -3.41. The van der Waals surface area contributed by atoms with Gasteiger partial charge in [-0.25, -0.2) is 4.72 Å². The molecule has 19 heavy (non-hydrogen) atoms. The number of rotatable bonds is 8. The zero-order chi connectivity index (χ0) is 14.4. The summed E-state index contributed by atoms with van der Waals surface area (Å²) >= 11 is 0. The average Bonchev–Trinajstić information content (AvgIpc) is 2.43. The molecule has 0 heterocycles. The van der Waals surface area contributed by atoms with Crippen molar-refractivity contribution in [3.05, 3.63) is 0 Å². The lowest BCUT2D eigenvalue weighted by Gasteiger charge is -2.44. The van der Waals surface area contributed by atoms with Gasteiger partial charge in [-0.3, -0.25) is 0 Å². The van der Waals surface area contributed by atoms with Crippen LogP contribution in [-0.2, 0) is 10.2 Å². The zero-order valence-electron chi connectivity index (χ0n) is 12.3. The SMILES string of the molecule is CCCNS(=O)(=O)N(CCC)C1(CN)CCCCC1. The number of hydrogen-bond donors (Lipinski definition) is 2. The lowest BCUT2D eigenvalue weighted by atomic mass is 9.81. The van der Waals surface area contributed by atoms with E-state index in [0.717, 1.165) is 38.5 Å². The summed E-state index contributed by atoms with van der Waals surface area (Å²) in [6.45, 7) is 5.43. The van der Waals surface area contributed by atoms with Gasteiger partial charge < -0.3 is 5.73 Å². The van der Waals surface area contributed by atoms with Crippen LogP contribution < -0.4 is 10.5 Å². The van der Waals surface area contributed by atoms with Crippen molar-refractivity contribution in [2.75, 3.05) is 19.6 Å². The maximum Gasteiger partial charge on any atom is 0.279 e.